The molecule has 2 aliphatic carbocycles. The number of carboxylic acid groups (broad SMARTS) is 1. The number of nitrogens with one attached hydrogen (secondary N) is 1. The minimum absolute atomic E-state index is 0.00420. The molecule has 0 unspecified atom stereocenters. The van der Waals surface area contributed by atoms with Crippen LogP contribution in [0.1, 0.15) is 67.4 Å². The molecule has 1 heterocycles. The third-order valence-electron chi connectivity index (χ3n) is 5.30. The first kappa shape index (κ1) is 17.0. The van der Waals surface area contributed by atoms with Crippen LogP contribution in [-0.4, -0.2) is 17.0 Å². The van der Waals surface area contributed by atoms with Crippen LogP contribution < -0.4 is 5.32 Å². The SMILES string of the molecule is N#Cc1c(NC(=O)CC2(C(=O)O)CCCCCC2)sc2c1CCC2. The number of fused-ring (bicyclic) bond motifs is 1. The maximum Gasteiger partial charge on any atom is 0.310 e. The van der Waals surface area contributed by atoms with Crippen molar-refractivity contribution in [3.63, 3.8) is 0 Å². The largest absolute Gasteiger partial charge is 0.481 e. The molecular formula is C18H22N2O3S. The highest BCUT2D eigenvalue weighted by Gasteiger charge is 2.40. The van der Waals surface area contributed by atoms with E-state index in [1.54, 1.807) is 0 Å². The molecular weight excluding hydrogens is 324 g/mol. The van der Waals surface area contributed by atoms with Crippen LogP contribution in [0.5, 0.6) is 0 Å². The third kappa shape index (κ3) is 3.18. The Bertz CT molecular complexity index is 694. The summed E-state index contributed by atoms with van der Waals surface area (Å²) in [6.07, 6.45) is 7.81. The highest BCUT2D eigenvalue weighted by Crippen LogP contribution is 2.41. The lowest BCUT2D eigenvalue weighted by Gasteiger charge is -2.27. The van der Waals surface area contributed by atoms with Gasteiger partial charge in [-0.1, -0.05) is 25.7 Å². The van der Waals surface area contributed by atoms with E-state index in [4.69, 9.17) is 0 Å². The Morgan fingerprint density at radius 3 is 2.50 bits per heavy atom. The Kier molecular flexibility index (Phi) is 4.91. The van der Waals surface area contributed by atoms with Gasteiger partial charge in [-0.25, -0.2) is 0 Å². The molecule has 0 radical (unpaired) electrons. The second-order valence-corrected chi connectivity index (χ2v) is 8.00. The fraction of sp³-hybridized carbons (Fsp3) is 0.611. The van der Waals surface area contributed by atoms with Crippen molar-refractivity contribution in [2.45, 2.75) is 64.2 Å². The molecule has 0 aliphatic heterocycles. The van der Waals surface area contributed by atoms with Gasteiger partial charge >= 0.3 is 5.97 Å². The van der Waals surface area contributed by atoms with Gasteiger partial charge in [0, 0.05) is 11.3 Å². The second-order valence-electron chi connectivity index (χ2n) is 6.90. The second kappa shape index (κ2) is 6.94. The lowest BCUT2D eigenvalue weighted by Crippen LogP contribution is -2.35. The van der Waals surface area contributed by atoms with Crippen LogP contribution in [0.3, 0.4) is 0 Å². The third-order valence-corrected chi connectivity index (χ3v) is 6.51. The van der Waals surface area contributed by atoms with Gasteiger partial charge in [-0.15, -0.1) is 11.3 Å². The van der Waals surface area contributed by atoms with Gasteiger partial charge in [0.1, 0.15) is 11.1 Å². The Morgan fingerprint density at radius 1 is 1.17 bits per heavy atom. The lowest BCUT2D eigenvalue weighted by atomic mass is 9.77. The van der Waals surface area contributed by atoms with Crippen LogP contribution in [0.4, 0.5) is 5.00 Å². The Morgan fingerprint density at radius 2 is 1.88 bits per heavy atom. The summed E-state index contributed by atoms with van der Waals surface area (Å²) in [5, 5.41) is 22.5. The summed E-state index contributed by atoms with van der Waals surface area (Å²) >= 11 is 1.47. The van der Waals surface area contributed by atoms with E-state index in [-0.39, 0.29) is 12.3 Å². The molecule has 0 bridgehead atoms. The molecule has 1 fully saturated rings. The zero-order chi connectivity index (χ0) is 17.2. The number of carbonyl (C=O) groups excluding carboxylic acids is 1. The molecule has 1 aromatic heterocycles. The molecule has 1 aromatic rings. The molecule has 24 heavy (non-hydrogen) atoms. The van der Waals surface area contributed by atoms with E-state index in [1.165, 1.54) is 16.2 Å². The summed E-state index contributed by atoms with van der Waals surface area (Å²) in [6.45, 7) is 0. The van der Waals surface area contributed by atoms with Crippen LogP contribution >= 0.6 is 11.3 Å². The molecule has 0 spiro atoms. The topological polar surface area (TPSA) is 90.2 Å². The van der Waals surface area contributed by atoms with Crippen molar-refractivity contribution < 1.29 is 14.7 Å². The number of carbonyl (C=O) groups is 2. The molecule has 2 N–H and O–H groups in total. The highest BCUT2D eigenvalue weighted by atomic mass is 32.1. The molecule has 0 atom stereocenters. The van der Waals surface area contributed by atoms with E-state index in [0.29, 0.717) is 23.4 Å². The molecule has 6 heteroatoms. The standard InChI is InChI=1S/C18H22N2O3S/c19-11-13-12-6-5-7-14(12)24-16(13)20-15(21)10-18(17(22)23)8-3-1-2-4-9-18/h1-10H2,(H,20,21)(H,22,23). The summed E-state index contributed by atoms with van der Waals surface area (Å²) in [5.41, 5.74) is 0.694. The fourth-order valence-corrected chi connectivity index (χ4v) is 5.22. The average Bonchev–Trinajstić information content (AvgIpc) is 3.01. The van der Waals surface area contributed by atoms with Gasteiger partial charge < -0.3 is 10.4 Å². The quantitative estimate of drug-likeness (QED) is 0.810. The monoisotopic (exact) mass is 346 g/mol. The van der Waals surface area contributed by atoms with Gasteiger partial charge in [-0.2, -0.15) is 5.26 Å². The predicted octanol–water partition coefficient (Wildman–Crippen LogP) is 3.86. The van der Waals surface area contributed by atoms with Crippen LogP contribution in [0.15, 0.2) is 0 Å². The van der Waals surface area contributed by atoms with Crippen molar-refractivity contribution in [3.05, 3.63) is 16.0 Å². The van der Waals surface area contributed by atoms with Crippen molar-refractivity contribution in [2.24, 2.45) is 5.41 Å². The van der Waals surface area contributed by atoms with Crippen molar-refractivity contribution in [2.75, 3.05) is 5.32 Å². The average molecular weight is 346 g/mol. The minimum Gasteiger partial charge on any atom is -0.481 e. The molecule has 0 saturated heterocycles. The van der Waals surface area contributed by atoms with Crippen molar-refractivity contribution >= 4 is 28.2 Å². The van der Waals surface area contributed by atoms with Crippen LogP contribution in [-0.2, 0) is 22.4 Å². The maximum absolute atomic E-state index is 12.5. The lowest BCUT2D eigenvalue weighted by molar-refractivity contribution is -0.152. The van der Waals surface area contributed by atoms with Gasteiger partial charge in [0.15, 0.2) is 0 Å². The Labute approximate surface area is 145 Å². The van der Waals surface area contributed by atoms with Gasteiger partial charge in [0.25, 0.3) is 0 Å². The van der Waals surface area contributed by atoms with Crippen molar-refractivity contribution in [1.29, 1.82) is 5.26 Å². The highest BCUT2D eigenvalue weighted by molar-refractivity contribution is 7.16. The number of carboxylic acids is 1. The number of aryl methyl sites for hydroxylation is 1. The number of rotatable bonds is 4. The summed E-state index contributed by atoms with van der Waals surface area (Å²) in [4.78, 5) is 25.5. The summed E-state index contributed by atoms with van der Waals surface area (Å²) in [7, 11) is 0. The molecule has 2 aliphatic rings. The minimum atomic E-state index is -0.951. The predicted molar refractivity (Wildman–Crippen MR) is 92.1 cm³/mol. The fourth-order valence-electron chi connectivity index (χ4n) is 3.96. The smallest absolute Gasteiger partial charge is 0.310 e. The van der Waals surface area contributed by atoms with Crippen LogP contribution in [0.25, 0.3) is 0 Å². The Hall–Kier alpha value is -1.87. The summed E-state index contributed by atoms with van der Waals surface area (Å²) in [6, 6.07) is 2.21. The molecule has 0 aromatic carbocycles. The summed E-state index contributed by atoms with van der Waals surface area (Å²) < 4.78 is 0. The van der Waals surface area contributed by atoms with Crippen LogP contribution in [0.2, 0.25) is 0 Å². The molecule has 1 amide bonds. The summed E-state index contributed by atoms with van der Waals surface area (Å²) in [5.74, 6) is -1.15. The number of aliphatic carboxylic acids is 1. The zero-order valence-electron chi connectivity index (χ0n) is 13.7. The van der Waals surface area contributed by atoms with E-state index in [2.05, 4.69) is 11.4 Å². The number of nitrogens with zero attached hydrogens (tertiary/aromatic N) is 1. The number of anilines is 1. The first-order chi connectivity index (χ1) is 11.6. The van der Waals surface area contributed by atoms with E-state index >= 15 is 0 Å². The van der Waals surface area contributed by atoms with E-state index in [1.807, 2.05) is 0 Å². The molecule has 1 saturated carbocycles. The van der Waals surface area contributed by atoms with Crippen molar-refractivity contribution in [3.8, 4) is 6.07 Å². The number of hydrogen-bond acceptors (Lipinski definition) is 4. The van der Waals surface area contributed by atoms with Gasteiger partial charge in [0.05, 0.1) is 11.0 Å². The zero-order valence-corrected chi connectivity index (χ0v) is 14.5. The van der Waals surface area contributed by atoms with Gasteiger partial charge in [-0.3, -0.25) is 9.59 Å². The van der Waals surface area contributed by atoms with E-state index in [9.17, 15) is 20.0 Å². The molecule has 3 rings (SSSR count). The van der Waals surface area contributed by atoms with Gasteiger partial charge in [0.2, 0.25) is 5.91 Å². The first-order valence-electron chi connectivity index (χ1n) is 8.64. The van der Waals surface area contributed by atoms with E-state index < -0.39 is 11.4 Å². The van der Waals surface area contributed by atoms with Crippen molar-refractivity contribution in [1.82, 2.24) is 0 Å². The maximum atomic E-state index is 12.5. The number of hydrogen-bond donors (Lipinski definition) is 2. The molecule has 128 valence electrons. The Balaban J connectivity index is 1.75. The number of nitriles is 1. The molecule has 5 nitrogen and oxygen atoms in total. The van der Waals surface area contributed by atoms with Gasteiger partial charge in [-0.05, 0) is 37.7 Å². The first-order valence-corrected chi connectivity index (χ1v) is 9.45. The van der Waals surface area contributed by atoms with Crippen LogP contribution in [0, 0.1) is 16.7 Å². The normalized spacial score (nSPS) is 19.1. The number of thiophene rings is 1. The number of amides is 1. The van der Waals surface area contributed by atoms with E-state index in [0.717, 1.165) is 50.5 Å².